The zero-order valence-electron chi connectivity index (χ0n) is 14.0. The molecule has 1 N–H and O–H groups in total. The van der Waals surface area contributed by atoms with Crippen LogP contribution in [0.1, 0.15) is 12.6 Å². The molecule has 3 rings (SSSR count). The lowest BCUT2D eigenvalue weighted by Crippen LogP contribution is -2.22. The molecule has 0 spiro atoms. The van der Waals surface area contributed by atoms with E-state index in [1.54, 1.807) is 29.6 Å². The Morgan fingerprint density at radius 1 is 1.30 bits per heavy atom. The normalized spacial score (nSPS) is 11.0. The number of hydrogen-bond acceptors (Lipinski definition) is 5. The highest BCUT2D eigenvalue weighted by Gasteiger charge is 2.17. The molecule has 9 heteroatoms. The average Bonchev–Trinajstić information content (AvgIpc) is 3.05. The van der Waals surface area contributed by atoms with Gasteiger partial charge in [-0.15, -0.1) is 11.3 Å². The van der Waals surface area contributed by atoms with Crippen molar-refractivity contribution in [3.63, 3.8) is 0 Å². The van der Waals surface area contributed by atoms with Gasteiger partial charge in [0.25, 0.3) is 0 Å². The Labute approximate surface area is 162 Å². The van der Waals surface area contributed by atoms with Gasteiger partial charge in [0.2, 0.25) is 5.91 Å². The monoisotopic (exact) mass is 406 g/mol. The number of anilines is 3. The van der Waals surface area contributed by atoms with Crippen molar-refractivity contribution in [2.75, 3.05) is 10.3 Å². The van der Waals surface area contributed by atoms with Gasteiger partial charge in [-0.25, -0.2) is 13.8 Å². The molecule has 5 nitrogen and oxygen atoms in total. The lowest BCUT2D eigenvalue weighted by molar-refractivity contribution is -0.115. The molecule has 1 aromatic heterocycles. The molecule has 138 valence electrons. The van der Waals surface area contributed by atoms with Gasteiger partial charge in [-0.3, -0.25) is 15.1 Å². The van der Waals surface area contributed by atoms with E-state index in [2.05, 4.69) is 15.5 Å². The minimum absolute atomic E-state index is 0.0346. The summed E-state index contributed by atoms with van der Waals surface area (Å²) in [5, 5.41) is 6.53. The SMILES string of the molecule is CC(=O)N(c1cccc(Cl)c1)c1nc(/C=N\Nc2ccc(F)cc2F)cs1. The second-order valence-corrected chi connectivity index (χ2v) is 6.66. The first-order valence-electron chi connectivity index (χ1n) is 7.70. The van der Waals surface area contributed by atoms with Crippen LogP contribution in [0.25, 0.3) is 0 Å². The number of rotatable bonds is 5. The van der Waals surface area contributed by atoms with Crippen LogP contribution in [-0.2, 0) is 4.79 Å². The molecule has 0 bridgehead atoms. The highest BCUT2D eigenvalue weighted by atomic mass is 35.5. The summed E-state index contributed by atoms with van der Waals surface area (Å²) >= 11 is 7.24. The van der Waals surface area contributed by atoms with Crippen LogP contribution in [0.5, 0.6) is 0 Å². The fourth-order valence-corrected chi connectivity index (χ4v) is 3.25. The molecule has 27 heavy (non-hydrogen) atoms. The molecule has 3 aromatic rings. The number of amides is 1. The van der Waals surface area contributed by atoms with Crippen molar-refractivity contribution < 1.29 is 13.6 Å². The topological polar surface area (TPSA) is 57.6 Å². The van der Waals surface area contributed by atoms with Gasteiger partial charge < -0.3 is 0 Å². The van der Waals surface area contributed by atoms with Crippen molar-refractivity contribution in [3.05, 3.63) is 70.2 Å². The maximum absolute atomic E-state index is 13.6. The van der Waals surface area contributed by atoms with Crippen LogP contribution >= 0.6 is 22.9 Å². The number of carbonyl (C=O) groups excluding carboxylic acids is 1. The summed E-state index contributed by atoms with van der Waals surface area (Å²) in [7, 11) is 0. The van der Waals surface area contributed by atoms with Crippen LogP contribution < -0.4 is 10.3 Å². The smallest absolute Gasteiger partial charge is 0.230 e. The number of nitrogens with one attached hydrogen (secondary N) is 1. The lowest BCUT2D eigenvalue weighted by Gasteiger charge is -2.18. The van der Waals surface area contributed by atoms with Crippen molar-refractivity contribution in [2.45, 2.75) is 6.92 Å². The van der Waals surface area contributed by atoms with Gasteiger partial charge in [0, 0.05) is 23.4 Å². The number of carbonyl (C=O) groups is 1. The molecule has 0 atom stereocenters. The van der Waals surface area contributed by atoms with E-state index in [1.165, 1.54) is 35.4 Å². The molecule has 0 saturated heterocycles. The average molecular weight is 407 g/mol. The highest BCUT2D eigenvalue weighted by Crippen LogP contribution is 2.30. The molecule has 0 saturated carbocycles. The van der Waals surface area contributed by atoms with Gasteiger partial charge >= 0.3 is 0 Å². The Balaban J connectivity index is 1.77. The molecule has 0 radical (unpaired) electrons. The largest absolute Gasteiger partial charge is 0.275 e. The second kappa shape index (κ2) is 8.24. The van der Waals surface area contributed by atoms with Gasteiger partial charge in [0.1, 0.15) is 5.82 Å². The first-order chi connectivity index (χ1) is 12.9. The number of aromatic nitrogens is 1. The van der Waals surface area contributed by atoms with Crippen LogP contribution in [0.3, 0.4) is 0 Å². The Bertz CT molecular complexity index is 1010. The third kappa shape index (κ3) is 4.66. The Hall–Kier alpha value is -2.84. The minimum Gasteiger partial charge on any atom is -0.275 e. The van der Waals surface area contributed by atoms with E-state index in [0.29, 0.717) is 21.5 Å². The second-order valence-electron chi connectivity index (χ2n) is 5.38. The number of benzene rings is 2. The Morgan fingerprint density at radius 2 is 2.11 bits per heavy atom. The number of hydrogen-bond donors (Lipinski definition) is 1. The zero-order chi connectivity index (χ0) is 19.4. The van der Waals surface area contributed by atoms with E-state index in [-0.39, 0.29) is 11.6 Å². The van der Waals surface area contributed by atoms with Gasteiger partial charge in [-0.05, 0) is 30.3 Å². The third-order valence-electron chi connectivity index (χ3n) is 3.40. The van der Waals surface area contributed by atoms with Crippen LogP contribution in [0, 0.1) is 11.6 Å². The van der Waals surface area contributed by atoms with Crippen LogP contribution in [0.4, 0.5) is 25.3 Å². The van der Waals surface area contributed by atoms with Crippen molar-refractivity contribution in [2.24, 2.45) is 5.10 Å². The maximum Gasteiger partial charge on any atom is 0.230 e. The molecular formula is C18H13ClF2N4OS. The van der Waals surface area contributed by atoms with Gasteiger partial charge in [0.15, 0.2) is 10.9 Å². The summed E-state index contributed by atoms with van der Waals surface area (Å²) < 4.78 is 26.4. The summed E-state index contributed by atoms with van der Waals surface area (Å²) in [5.41, 5.74) is 3.59. The van der Waals surface area contributed by atoms with Gasteiger partial charge in [-0.2, -0.15) is 5.10 Å². The summed E-state index contributed by atoms with van der Waals surface area (Å²) in [5.74, 6) is -1.65. The van der Waals surface area contributed by atoms with E-state index in [1.807, 2.05) is 0 Å². The fraction of sp³-hybridized carbons (Fsp3) is 0.0556. The number of halogens is 3. The van der Waals surface area contributed by atoms with Crippen molar-refractivity contribution in [1.82, 2.24) is 4.98 Å². The van der Waals surface area contributed by atoms with Crippen LogP contribution in [0.15, 0.2) is 52.9 Å². The van der Waals surface area contributed by atoms with E-state index in [4.69, 9.17) is 11.6 Å². The summed E-state index contributed by atoms with van der Waals surface area (Å²) in [6.45, 7) is 1.43. The highest BCUT2D eigenvalue weighted by molar-refractivity contribution is 7.14. The van der Waals surface area contributed by atoms with Gasteiger partial charge in [0.05, 0.1) is 23.3 Å². The maximum atomic E-state index is 13.6. The molecular weight excluding hydrogens is 394 g/mol. The summed E-state index contributed by atoms with van der Waals surface area (Å²) in [6, 6.07) is 9.99. The third-order valence-corrected chi connectivity index (χ3v) is 4.47. The summed E-state index contributed by atoms with van der Waals surface area (Å²) in [4.78, 5) is 17.8. The first-order valence-corrected chi connectivity index (χ1v) is 8.96. The van der Waals surface area contributed by atoms with Crippen molar-refractivity contribution in [1.29, 1.82) is 0 Å². The van der Waals surface area contributed by atoms with Crippen LogP contribution in [-0.4, -0.2) is 17.1 Å². The van der Waals surface area contributed by atoms with E-state index in [0.717, 1.165) is 12.1 Å². The van der Waals surface area contributed by atoms with E-state index < -0.39 is 11.6 Å². The first kappa shape index (κ1) is 18.9. The Kier molecular flexibility index (Phi) is 5.78. The number of thiazole rings is 1. The number of hydrazone groups is 1. The zero-order valence-corrected chi connectivity index (χ0v) is 15.6. The van der Waals surface area contributed by atoms with Gasteiger partial charge in [-0.1, -0.05) is 17.7 Å². The molecule has 0 aliphatic heterocycles. The molecule has 2 aromatic carbocycles. The van der Waals surface area contributed by atoms with E-state index >= 15 is 0 Å². The number of nitrogens with zero attached hydrogens (tertiary/aromatic N) is 3. The molecule has 0 aliphatic carbocycles. The quantitative estimate of drug-likeness (QED) is 0.467. The van der Waals surface area contributed by atoms with Crippen LogP contribution in [0.2, 0.25) is 5.02 Å². The predicted octanol–water partition coefficient (Wildman–Crippen LogP) is 5.21. The van der Waals surface area contributed by atoms with Crippen molar-refractivity contribution >= 4 is 51.6 Å². The summed E-state index contributed by atoms with van der Waals surface area (Å²) in [6.07, 6.45) is 1.37. The molecule has 0 aliphatic rings. The predicted molar refractivity (Wildman–Crippen MR) is 104 cm³/mol. The lowest BCUT2D eigenvalue weighted by atomic mass is 10.3. The standard InChI is InChI=1S/C18H13ClF2N4OS/c1-11(26)25(15-4-2-3-12(19)7-15)18-23-14(10-27-18)9-22-24-17-6-5-13(20)8-16(17)21/h2-10,24H,1H3/b22-9-. The van der Waals surface area contributed by atoms with E-state index in [9.17, 15) is 13.6 Å². The fourth-order valence-electron chi connectivity index (χ4n) is 2.23. The molecule has 0 fully saturated rings. The minimum atomic E-state index is -0.755. The Morgan fingerprint density at radius 3 is 2.81 bits per heavy atom. The molecule has 1 amide bonds. The molecule has 0 unspecified atom stereocenters. The van der Waals surface area contributed by atoms with Crippen molar-refractivity contribution in [3.8, 4) is 0 Å². The molecule has 1 heterocycles.